The zero-order valence-corrected chi connectivity index (χ0v) is 23.0. The Labute approximate surface area is 230 Å². The quantitative estimate of drug-likeness (QED) is 0.448. The normalized spacial score (nSPS) is 21.6. The molecule has 1 aliphatic carbocycles. The third-order valence-corrected chi connectivity index (χ3v) is 9.06. The highest BCUT2D eigenvalue weighted by Gasteiger charge is 2.49. The number of amides is 1. The monoisotopic (exact) mass is 550 g/mol. The lowest BCUT2D eigenvalue weighted by Gasteiger charge is -2.39. The molecule has 1 amide bonds. The van der Waals surface area contributed by atoms with Crippen LogP contribution in [0.4, 0.5) is 5.95 Å². The molecular weight excluding hydrogens is 516 g/mol. The van der Waals surface area contributed by atoms with E-state index in [4.69, 9.17) is 4.98 Å². The molecule has 3 aromatic heterocycles. The highest BCUT2D eigenvalue weighted by molar-refractivity contribution is 5.95. The van der Waals surface area contributed by atoms with Crippen LogP contribution in [0.5, 0.6) is 5.75 Å². The van der Waals surface area contributed by atoms with E-state index in [0.29, 0.717) is 74.8 Å². The van der Waals surface area contributed by atoms with Crippen LogP contribution in [0.15, 0.2) is 11.1 Å². The highest BCUT2D eigenvalue weighted by atomic mass is 16.3. The van der Waals surface area contributed by atoms with Crippen molar-refractivity contribution in [2.45, 2.75) is 76.4 Å². The molecule has 13 heteroatoms. The van der Waals surface area contributed by atoms with Crippen LogP contribution in [-0.4, -0.2) is 88.2 Å². The molecular formula is C27H34N8O5. The van der Waals surface area contributed by atoms with Gasteiger partial charge in [-0.15, -0.1) is 5.10 Å². The van der Waals surface area contributed by atoms with Gasteiger partial charge in [0, 0.05) is 42.9 Å². The lowest BCUT2D eigenvalue weighted by Crippen LogP contribution is -2.46. The number of hydrogen-bond donors (Lipinski definition) is 2. The van der Waals surface area contributed by atoms with Crippen molar-refractivity contribution in [2.75, 3.05) is 31.1 Å². The van der Waals surface area contributed by atoms with Gasteiger partial charge in [-0.2, -0.15) is 9.50 Å². The van der Waals surface area contributed by atoms with Gasteiger partial charge in [-0.25, -0.2) is 9.97 Å². The molecule has 6 rings (SSSR count). The minimum Gasteiger partial charge on any atom is -0.504 e. The number of aryl methyl sites for hydroxylation is 1. The Morgan fingerprint density at radius 2 is 1.85 bits per heavy atom. The van der Waals surface area contributed by atoms with E-state index in [1.54, 1.807) is 11.8 Å². The van der Waals surface area contributed by atoms with Gasteiger partial charge in [-0.05, 0) is 51.9 Å². The Kier molecular flexibility index (Phi) is 6.17. The summed E-state index contributed by atoms with van der Waals surface area (Å²) in [6.45, 7) is 7.48. The number of anilines is 1. The summed E-state index contributed by atoms with van der Waals surface area (Å²) in [4.78, 5) is 55.3. The van der Waals surface area contributed by atoms with Crippen LogP contribution in [0.1, 0.15) is 79.3 Å². The second-order valence-corrected chi connectivity index (χ2v) is 11.8. The Hall–Kier alpha value is -3.87. The Bertz CT molecular complexity index is 1560. The number of fused-ring (bicyclic) bond motifs is 3. The second kappa shape index (κ2) is 9.36. The summed E-state index contributed by atoms with van der Waals surface area (Å²) < 4.78 is 3.14. The van der Waals surface area contributed by atoms with Gasteiger partial charge in [0.15, 0.2) is 11.4 Å². The van der Waals surface area contributed by atoms with E-state index in [2.05, 4.69) is 22.0 Å². The number of aromatic hydroxyl groups is 1. The second-order valence-electron chi connectivity index (χ2n) is 11.8. The van der Waals surface area contributed by atoms with Crippen molar-refractivity contribution in [3.8, 4) is 5.75 Å². The molecule has 1 atom stereocenters. The smallest absolute Gasteiger partial charge is 0.279 e. The van der Waals surface area contributed by atoms with Crippen molar-refractivity contribution in [3.63, 3.8) is 0 Å². The average molecular weight is 551 g/mol. The van der Waals surface area contributed by atoms with Crippen LogP contribution in [-0.2, 0) is 16.8 Å². The lowest BCUT2D eigenvalue weighted by molar-refractivity contribution is -0.108. The van der Waals surface area contributed by atoms with E-state index in [-0.39, 0.29) is 35.4 Å². The standard InChI is InChI=1S/C27H34N8O5/c1-16-14-27(6-10-32(11-7-27)23(39)19-21(37)17(2)28-15-29-19)18-20(16)34(12-13-36)25-30-24(31-35(25)22(18)38)33-8-4-26(3,40)5-9-33/h13,15-16,37,40H,4-12,14H2,1-3H3. The number of piperidine rings is 2. The van der Waals surface area contributed by atoms with E-state index in [0.717, 1.165) is 18.4 Å². The van der Waals surface area contributed by atoms with Crippen LogP contribution < -0.4 is 10.5 Å². The molecule has 0 aromatic carbocycles. The first-order valence-electron chi connectivity index (χ1n) is 13.8. The first-order chi connectivity index (χ1) is 19.0. The zero-order chi connectivity index (χ0) is 28.4. The number of aromatic nitrogens is 6. The summed E-state index contributed by atoms with van der Waals surface area (Å²) in [6.07, 6.45) is 5.06. The molecule has 3 aliphatic rings. The summed E-state index contributed by atoms with van der Waals surface area (Å²) in [5.74, 6) is 0.187. The molecule has 1 spiro atoms. The summed E-state index contributed by atoms with van der Waals surface area (Å²) >= 11 is 0. The molecule has 2 saturated heterocycles. The average Bonchev–Trinajstić information content (AvgIpc) is 3.48. The molecule has 2 fully saturated rings. The first-order valence-corrected chi connectivity index (χ1v) is 13.8. The van der Waals surface area contributed by atoms with E-state index in [1.165, 1.54) is 10.8 Å². The van der Waals surface area contributed by atoms with Gasteiger partial charge in [-0.3, -0.25) is 9.59 Å². The maximum absolute atomic E-state index is 14.1. The summed E-state index contributed by atoms with van der Waals surface area (Å²) in [5.41, 5.74) is 0.347. The van der Waals surface area contributed by atoms with Crippen molar-refractivity contribution < 1.29 is 19.8 Å². The lowest BCUT2D eigenvalue weighted by atomic mass is 9.73. The maximum atomic E-state index is 14.1. The SMILES string of the molecule is Cc1ncnc(C(=O)N2CCC3(CC2)CC(C)c2c3c(=O)n3nc(N4CCC(C)(O)CC4)nc3n2CC=O)c1O. The number of aliphatic hydroxyl groups is 1. The number of carbonyl (C=O) groups excluding carboxylic acids is 2. The van der Waals surface area contributed by atoms with Gasteiger partial charge in [0.25, 0.3) is 11.5 Å². The van der Waals surface area contributed by atoms with Crippen molar-refractivity contribution >= 4 is 23.9 Å². The minimum atomic E-state index is -0.735. The number of aldehydes is 1. The predicted molar refractivity (Wildman–Crippen MR) is 144 cm³/mol. The number of carbonyl (C=O) groups is 2. The molecule has 1 unspecified atom stereocenters. The Morgan fingerprint density at radius 3 is 2.52 bits per heavy atom. The summed E-state index contributed by atoms with van der Waals surface area (Å²) in [7, 11) is 0. The van der Waals surface area contributed by atoms with Crippen LogP contribution in [0, 0.1) is 6.92 Å². The van der Waals surface area contributed by atoms with Gasteiger partial charge in [0.2, 0.25) is 11.7 Å². The fourth-order valence-corrected chi connectivity index (χ4v) is 6.80. The molecule has 0 saturated carbocycles. The van der Waals surface area contributed by atoms with E-state index < -0.39 is 11.0 Å². The minimum absolute atomic E-state index is 0.00805. The van der Waals surface area contributed by atoms with Gasteiger partial charge in [-0.1, -0.05) is 6.92 Å². The van der Waals surface area contributed by atoms with Gasteiger partial charge < -0.3 is 29.4 Å². The third kappa shape index (κ3) is 4.05. The predicted octanol–water partition coefficient (Wildman–Crippen LogP) is 0.926. The van der Waals surface area contributed by atoms with Gasteiger partial charge in [0.05, 0.1) is 17.8 Å². The molecule has 5 heterocycles. The molecule has 2 aliphatic heterocycles. The van der Waals surface area contributed by atoms with Crippen molar-refractivity contribution in [2.24, 2.45) is 0 Å². The van der Waals surface area contributed by atoms with Crippen LogP contribution in [0.2, 0.25) is 0 Å². The summed E-state index contributed by atoms with van der Waals surface area (Å²) in [6, 6.07) is 0. The molecule has 3 aromatic rings. The largest absolute Gasteiger partial charge is 0.504 e. The zero-order valence-electron chi connectivity index (χ0n) is 23.0. The van der Waals surface area contributed by atoms with E-state index in [1.807, 2.05) is 16.4 Å². The Balaban J connectivity index is 1.36. The van der Waals surface area contributed by atoms with Crippen molar-refractivity contribution in [1.82, 2.24) is 34.0 Å². The number of nitrogens with zero attached hydrogens (tertiary/aromatic N) is 8. The highest BCUT2D eigenvalue weighted by Crippen LogP contribution is 2.50. The van der Waals surface area contributed by atoms with Crippen LogP contribution in [0.25, 0.3) is 5.78 Å². The molecule has 2 N–H and O–H groups in total. The topological polar surface area (TPSA) is 159 Å². The van der Waals surface area contributed by atoms with E-state index in [9.17, 15) is 24.6 Å². The fraction of sp³-hybridized carbons (Fsp3) is 0.593. The fourth-order valence-electron chi connectivity index (χ4n) is 6.80. The third-order valence-electron chi connectivity index (χ3n) is 9.06. The molecule has 212 valence electrons. The number of hydrogen-bond acceptors (Lipinski definition) is 10. The summed E-state index contributed by atoms with van der Waals surface area (Å²) in [5, 5.41) is 25.3. The van der Waals surface area contributed by atoms with Crippen molar-refractivity contribution in [1.29, 1.82) is 0 Å². The first kappa shape index (κ1) is 26.4. The van der Waals surface area contributed by atoms with Gasteiger partial charge >= 0.3 is 0 Å². The number of likely N-dealkylation sites (tertiary alicyclic amines) is 1. The molecule has 0 radical (unpaired) electrons. The van der Waals surface area contributed by atoms with Crippen LogP contribution in [0.3, 0.4) is 0 Å². The molecule has 40 heavy (non-hydrogen) atoms. The molecule has 13 nitrogen and oxygen atoms in total. The van der Waals surface area contributed by atoms with Crippen LogP contribution >= 0.6 is 0 Å². The van der Waals surface area contributed by atoms with Gasteiger partial charge in [0.1, 0.15) is 12.6 Å². The van der Waals surface area contributed by atoms with E-state index >= 15 is 0 Å². The van der Waals surface area contributed by atoms with Crippen molar-refractivity contribution in [3.05, 3.63) is 39.3 Å². The molecule has 0 bridgehead atoms. The number of rotatable bonds is 4. The Morgan fingerprint density at radius 1 is 1.15 bits per heavy atom. The maximum Gasteiger partial charge on any atom is 0.279 e.